The first kappa shape index (κ1) is 13.4. The Morgan fingerprint density at radius 2 is 2.00 bits per heavy atom. The molecule has 0 aliphatic rings. The standard InChI is InChI=1S/C13H17N3O3/c1-4-14-8-12-15-13(19-16-12)9-5-6-10(17-2)11(7-9)18-3/h5-7,14H,4,8H2,1-3H3. The number of nitrogens with one attached hydrogen (secondary N) is 1. The summed E-state index contributed by atoms with van der Waals surface area (Å²) < 4.78 is 15.6. The maximum absolute atomic E-state index is 5.24. The Bertz CT molecular complexity index is 540. The van der Waals surface area contributed by atoms with Gasteiger partial charge < -0.3 is 19.3 Å². The van der Waals surface area contributed by atoms with E-state index in [9.17, 15) is 0 Å². The fraction of sp³-hybridized carbons (Fsp3) is 0.385. The summed E-state index contributed by atoms with van der Waals surface area (Å²) in [5, 5.41) is 7.05. The zero-order chi connectivity index (χ0) is 13.7. The van der Waals surface area contributed by atoms with Gasteiger partial charge in [-0.15, -0.1) is 0 Å². The van der Waals surface area contributed by atoms with E-state index in [-0.39, 0.29) is 0 Å². The highest BCUT2D eigenvalue weighted by Gasteiger charge is 2.11. The highest BCUT2D eigenvalue weighted by atomic mass is 16.5. The van der Waals surface area contributed by atoms with Crippen molar-refractivity contribution >= 4 is 0 Å². The topological polar surface area (TPSA) is 69.4 Å². The van der Waals surface area contributed by atoms with Crippen molar-refractivity contribution < 1.29 is 14.0 Å². The lowest BCUT2D eigenvalue weighted by Gasteiger charge is -2.07. The Balaban J connectivity index is 2.23. The van der Waals surface area contributed by atoms with Crippen molar-refractivity contribution in [2.75, 3.05) is 20.8 Å². The van der Waals surface area contributed by atoms with Gasteiger partial charge in [0.25, 0.3) is 5.89 Å². The highest BCUT2D eigenvalue weighted by molar-refractivity contribution is 5.59. The molecule has 0 atom stereocenters. The monoisotopic (exact) mass is 263 g/mol. The van der Waals surface area contributed by atoms with Crippen LogP contribution in [-0.4, -0.2) is 30.9 Å². The lowest BCUT2D eigenvalue weighted by atomic mass is 10.2. The third-order valence-electron chi connectivity index (χ3n) is 2.63. The molecule has 2 rings (SSSR count). The fourth-order valence-electron chi connectivity index (χ4n) is 1.65. The largest absolute Gasteiger partial charge is 0.493 e. The van der Waals surface area contributed by atoms with Gasteiger partial charge in [-0.3, -0.25) is 0 Å². The molecule has 19 heavy (non-hydrogen) atoms. The van der Waals surface area contributed by atoms with Crippen LogP contribution in [0, 0.1) is 0 Å². The first-order chi connectivity index (χ1) is 9.28. The number of hydrogen-bond acceptors (Lipinski definition) is 6. The van der Waals surface area contributed by atoms with E-state index >= 15 is 0 Å². The minimum absolute atomic E-state index is 0.467. The summed E-state index contributed by atoms with van der Waals surface area (Å²) in [6.07, 6.45) is 0. The second-order valence-electron chi connectivity index (χ2n) is 3.87. The molecule has 0 bridgehead atoms. The first-order valence-electron chi connectivity index (χ1n) is 6.04. The molecule has 0 saturated heterocycles. The van der Waals surface area contributed by atoms with Gasteiger partial charge in [-0.05, 0) is 24.7 Å². The van der Waals surface area contributed by atoms with Gasteiger partial charge in [-0.2, -0.15) is 4.98 Å². The molecule has 6 nitrogen and oxygen atoms in total. The number of ether oxygens (including phenoxy) is 2. The molecule has 102 valence electrons. The average molecular weight is 263 g/mol. The summed E-state index contributed by atoms with van der Waals surface area (Å²) in [5.74, 6) is 2.39. The number of benzene rings is 1. The molecule has 1 aromatic carbocycles. The summed E-state index contributed by atoms with van der Waals surface area (Å²) in [6.45, 7) is 3.48. The van der Waals surface area contributed by atoms with Gasteiger partial charge in [0.2, 0.25) is 0 Å². The molecule has 0 spiro atoms. The molecule has 1 heterocycles. The molecule has 0 fully saturated rings. The lowest BCUT2D eigenvalue weighted by molar-refractivity contribution is 0.355. The van der Waals surface area contributed by atoms with Crippen LogP contribution in [0.2, 0.25) is 0 Å². The van der Waals surface area contributed by atoms with E-state index < -0.39 is 0 Å². The molecule has 0 saturated carbocycles. The van der Waals surface area contributed by atoms with Crippen molar-refractivity contribution in [2.24, 2.45) is 0 Å². The van der Waals surface area contributed by atoms with Crippen molar-refractivity contribution in [1.29, 1.82) is 0 Å². The summed E-state index contributed by atoms with van der Waals surface area (Å²) in [5.41, 5.74) is 0.799. The van der Waals surface area contributed by atoms with Crippen molar-refractivity contribution in [3.8, 4) is 23.0 Å². The predicted molar refractivity (Wildman–Crippen MR) is 70.2 cm³/mol. The van der Waals surface area contributed by atoms with Gasteiger partial charge in [0.15, 0.2) is 17.3 Å². The maximum atomic E-state index is 5.24. The summed E-state index contributed by atoms with van der Waals surface area (Å²) in [6, 6.07) is 5.47. The fourth-order valence-corrected chi connectivity index (χ4v) is 1.65. The number of aromatic nitrogens is 2. The van der Waals surface area contributed by atoms with E-state index in [1.54, 1.807) is 14.2 Å². The summed E-state index contributed by atoms with van der Waals surface area (Å²) in [4.78, 5) is 4.31. The number of nitrogens with zero attached hydrogens (tertiary/aromatic N) is 2. The van der Waals surface area contributed by atoms with Gasteiger partial charge in [0.05, 0.1) is 20.8 Å². The molecular weight excluding hydrogens is 246 g/mol. The molecular formula is C13H17N3O3. The van der Waals surface area contributed by atoms with Gasteiger partial charge >= 0.3 is 0 Å². The zero-order valence-electron chi connectivity index (χ0n) is 11.3. The molecule has 6 heteroatoms. The van der Waals surface area contributed by atoms with E-state index in [4.69, 9.17) is 14.0 Å². The average Bonchev–Trinajstić information content (AvgIpc) is 2.93. The Morgan fingerprint density at radius 3 is 2.68 bits per heavy atom. The second-order valence-corrected chi connectivity index (χ2v) is 3.87. The second kappa shape index (κ2) is 6.19. The van der Waals surface area contributed by atoms with Gasteiger partial charge in [-0.1, -0.05) is 12.1 Å². The van der Waals surface area contributed by atoms with E-state index in [0.717, 1.165) is 12.1 Å². The summed E-state index contributed by atoms with van der Waals surface area (Å²) in [7, 11) is 3.19. The number of hydrogen-bond donors (Lipinski definition) is 1. The van der Waals surface area contributed by atoms with E-state index in [1.165, 1.54) is 0 Å². The zero-order valence-corrected chi connectivity index (χ0v) is 11.3. The van der Waals surface area contributed by atoms with E-state index in [1.807, 2.05) is 25.1 Å². The Hall–Kier alpha value is -2.08. The molecule has 1 aromatic heterocycles. The quantitative estimate of drug-likeness (QED) is 0.858. The molecule has 2 aromatic rings. The minimum atomic E-state index is 0.467. The van der Waals surface area contributed by atoms with Crippen molar-refractivity contribution in [3.63, 3.8) is 0 Å². The molecule has 0 amide bonds. The first-order valence-corrected chi connectivity index (χ1v) is 6.04. The molecule has 0 radical (unpaired) electrons. The van der Waals surface area contributed by atoms with Crippen LogP contribution in [-0.2, 0) is 6.54 Å². The third-order valence-corrected chi connectivity index (χ3v) is 2.63. The number of methoxy groups -OCH3 is 2. The van der Waals surface area contributed by atoms with Crippen LogP contribution in [0.25, 0.3) is 11.5 Å². The van der Waals surface area contributed by atoms with E-state index in [2.05, 4.69) is 15.5 Å². The SMILES string of the molecule is CCNCc1noc(-c2ccc(OC)c(OC)c2)n1. The van der Waals surface area contributed by atoms with Crippen molar-refractivity contribution in [1.82, 2.24) is 15.5 Å². The van der Waals surface area contributed by atoms with Crippen LogP contribution in [0.3, 0.4) is 0 Å². The Labute approximate surface area is 111 Å². The van der Waals surface area contributed by atoms with Crippen LogP contribution in [0.5, 0.6) is 11.5 Å². The third kappa shape index (κ3) is 3.03. The molecule has 0 aliphatic carbocycles. The predicted octanol–water partition coefficient (Wildman–Crippen LogP) is 1.86. The van der Waals surface area contributed by atoms with Crippen LogP contribution < -0.4 is 14.8 Å². The summed E-state index contributed by atoms with van der Waals surface area (Å²) >= 11 is 0. The Morgan fingerprint density at radius 1 is 1.21 bits per heavy atom. The molecule has 0 aliphatic heterocycles. The maximum Gasteiger partial charge on any atom is 0.258 e. The smallest absolute Gasteiger partial charge is 0.258 e. The van der Waals surface area contributed by atoms with Crippen molar-refractivity contribution in [2.45, 2.75) is 13.5 Å². The van der Waals surface area contributed by atoms with Crippen LogP contribution in [0.15, 0.2) is 22.7 Å². The molecule has 1 N–H and O–H groups in total. The van der Waals surface area contributed by atoms with Crippen LogP contribution in [0.1, 0.15) is 12.7 Å². The molecule has 0 unspecified atom stereocenters. The normalized spacial score (nSPS) is 10.5. The van der Waals surface area contributed by atoms with E-state index in [0.29, 0.717) is 29.8 Å². The lowest BCUT2D eigenvalue weighted by Crippen LogP contribution is -2.12. The highest BCUT2D eigenvalue weighted by Crippen LogP contribution is 2.31. The van der Waals surface area contributed by atoms with Gasteiger partial charge in [0, 0.05) is 5.56 Å². The minimum Gasteiger partial charge on any atom is -0.493 e. The van der Waals surface area contributed by atoms with Crippen molar-refractivity contribution in [3.05, 3.63) is 24.0 Å². The van der Waals surface area contributed by atoms with Crippen LogP contribution >= 0.6 is 0 Å². The van der Waals surface area contributed by atoms with Gasteiger partial charge in [-0.25, -0.2) is 0 Å². The number of rotatable bonds is 6. The Kier molecular flexibility index (Phi) is 4.35. The van der Waals surface area contributed by atoms with Crippen LogP contribution in [0.4, 0.5) is 0 Å². The van der Waals surface area contributed by atoms with Gasteiger partial charge in [0.1, 0.15) is 0 Å².